The van der Waals surface area contributed by atoms with E-state index in [2.05, 4.69) is 10.2 Å². The van der Waals surface area contributed by atoms with E-state index in [-0.39, 0.29) is 23.5 Å². The molecule has 0 saturated carbocycles. The minimum absolute atomic E-state index is 0.00465. The number of carbonyl (C=O) groups excluding carboxylic acids is 1. The van der Waals surface area contributed by atoms with E-state index in [1.165, 1.54) is 24.3 Å². The topological polar surface area (TPSA) is 32.3 Å². The Kier molecular flexibility index (Phi) is 6.93. The summed E-state index contributed by atoms with van der Waals surface area (Å²) in [4.78, 5) is 14.7. The van der Waals surface area contributed by atoms with E-state index in [0.717, 1.165) is 56.4 Å². The second kappa shape index (κ2) is 9.60. The standard InChI is InChI=1S/C22H26F2N2O/c23-20-9-5-17(6-10-20)3-1-13-25-22(27)19-4-2-14-26(16-19)15-18-7-11-21(24)12-8-18/h5-12,19H,1-4,13-16H2,(H,25,27)/t19-/m0/s1. The minimum atomic E-state index is -0.227. The van der Waals surface area contributed by atoms with E-state index in [1.807, 2.05) is 0 Å². The molecule has 1 aliphatic heterocycles. The molecule has 1 saturated heterocycles. The first kappa shape index (κ1) is 19.5. The maximum atomic E-state index is 13.0. The molecule has 0 spiro atoms. The van der Waals surface area contributed by atoms with Gasteiger partial charge in [-0.3, -0.25) is 9.69 Å². The van der Waals surface area contributed by atoms with Crippen molar-refractivity contribution < 1.29 is 13.6 Å². The van der Waals surface area contributed by atoms with Crippen molar-refractivity contribution in [1.29, 1.82) is 0 Å². The Morgan fingerprint density at radius 1 is 1.00 bits per heavy atom. The molecule has 1 aliphatic rings. The lowest BCUT2D eigenvalue weighted by atomic mass is 9.96. The van der Waals surface area contributed by atoms with Crippen molar-refractivity contribution >= 4 is 5.91 Å². The van der Waals surface area contributed by atoms with E-state index in [9.17, 15) is 13.6 Å². The smallest absolute Gasteiger partial charge is 0.224 e. The summed E-state index contributed by atoms with van der Waals surface area (Å²) in [5.41, 5.74) is 2.14. The van der Waals surface area contributed by atoms with Crippen LogP contribution in [0, 0.1) is 17.6 Å². The van der Waals surface area contributed by atoms with Crippen molar-refractivity contribution in [2.45, 2.75) is 32.2 Å². The number of hydrogen-bond donors (Lipinski definition) is 1. The number of hydrogen-bond acceptors (Lipinski definition) is 2. The lowest BCUT2D eigenvalue weighted by Crippen LogP contribution is -2.42. The molecule has 0 unspecified atom stereocenters. The van der Waals surface area contributed by atoms with Crippen LogP contribution in [0.5, 0.6) is 0 Å². The first-order valence-electron chi connectivity index (χ1n) is 9.59. The van der Waals surface area contributed by atoms with Crippen LogP contribution >= 0.6 is 0 Å². The quantitative estimate of drug-likeness (QED) is 0.747. The SMILES string of the molecule is O=C(NCCCc1ccc(F)cc1)[C@H]1CCCN(Cc2ccc(F)cc2)C1. The van der Waals surface area contributed by atoms with Crippen LogP contribution in [0.1, 0.15) is 30.4 Å². The summed E-state index contributed by atoms with van der Waals surface area (Å²) in [7, 11) is 0. The summed E-state index contributed by atoms with van der Waals surface area (Å²) in [5, 5.41) is 3.04. The molecule has 0 bridgehead atoms. The van der Waals surface area contributed by atoms with Crippen molar-refractivity contribution in [2.75, 3.05) is 19.6 Å². The Labute approximate surface area is 159 Å². The van der Waals surface area contributed by atoms with E-state index in [0.29, 0.717) is 6.54 Å². The number of halogens is 2. The van der Waals surface area contributed by atoms with Crippen molar-refractivity contribution in [1.82, 2.24) is 10.2 Å². The van der Waals surface area contributed by atoms with Gasteiger partial charge in [-0.1, -0.05) is 24.3 Å². The number of nitrogens with one attached hydrogen (secondary N) is 1. The number of rotatable bonds is 7. The van der Waals surface area contributed by atoms with Gasteiger partial charge in [0.15, 0.2) is 0 Å². The van der Waals surface area contributed by atoms with Crippen LogP contribution in [0.15, 0.2) is 48.5 Å². The van der Waals surface area contributed by atoms with Gasteiger partial charge in [0.05, 0.1) is 5.92 Å². The Morgan fingerprint density at radius 3 is 2.30 bits per heavy atom. The van der Waals surface area contributed by atoms with Crippen LogP contribution in [-0.2, 0) is 17.8 Å². The first-order valence-corrected chi connectivity index (χ1v) is 9.59. The zero-order valence-corrected chi connectivity index (χ0v) is 15.5. The molecule has 0 aliphatic carbocycles. The molecule has 5 heteroatoms. The zero-order valence-electron chi connectivity index (χ0n) is 15.5. The lowest BCUT2D eigenvalue weighted by molar-refractivity contribution is -0.126. The number of amides is 1. The zero-order chi connectivity index (χ0) is 19.1. The van der Waals surface area contributed by atoms with Crippen molar-refractivity contribution in [2.24, 2.45) is 5.92 Å². The molecule has 27 heavy (non-hydrogen) atoms. The van der Waals surface area contributed by atoms with Crippen LogP contribution in [0.4, 0.5) is 8.78 Å². The predicted molar refractivity (Wildman–Crippen MR) is 102 cm³/mol. The number of aryl methyl sites for hydroxylation is 1. The Bertz CT molecular complexity index is 731. The molecule has 1 amide bonds. The number of piperidine rings is 1. The third-order valence-electron chi connectivity index (χ3n) is 5.05. The molecule has 144 valence electrons. The van der Waals surface area contributed by atoms with Gasteiger partial charge in [-0.15, -0.1) is 0 Å². The van der Waals surface area contributed by atoms with Crippen LogP contribution in [0.2, 0.25) is 0 Å². The van der Waals surface area contributed by atoms with Gasteiger partial charge in [0.2, 0.25) is 5.91 Å². The highest BCUT2D eigenvalue weighted by molar-refractivity contribution is 5.78. The normalized spacial score (nSPS) is 17.6. The van der Waals surface area contributed by atoms with Crippen LogP contribution < -0.4 is 5.32 Å². The summed E-state index contributed by atoms with van der Waals surface area (Å²) in [6, 6.07) is 13.0. The summed E-state index contributed by atoms with van der Waals surface area (Å²) < 4.78 is 25.9. The molecule has 1 fully saturated rings. The molecule has 1 heterocycles. The Balaban J connectivity index is 1.40. The van der Waals surface area contributed by atoms with Gasteiger partial charge >= 0.3 is 0 Å². The van der Waals surface area contributed by atoms with E-state index in [1.54, 1.807) is 24.3 Å². The Morgan fingerprint density at radius 2 is 1.63 bits per heavy atom. The fraction of sp³-hybridized carbons (Fsp3) is 0.409. The molecular weight excluding hydrogens is 346 g/mol. The van der Waals surface area contributed by atoms with Gasteiger partial charge in [-0.05, 0) is 67.6 Å². The molecule has 3 nitrogen and oxygen atoms in total. The third-order valence-corrected chi connectivity index (χ3v) is 5.05. The van der Waals surface area contributed by atoms with Gasteiger partial charge < -0.3 is 5.32 Å². The summed E-state index contributed by atoms with van der Waals surface area (Å²) in [6.45, 7) is 3.08. The highest BCUT2D eigenvalue weighted by Gasteiger charge is 2.25. The molecule has 0 aromatic heterocycles. The fourth-order valence-electron chi connectivity index (χ4n) is 3.56. The molecule has 2 aromatic rings. The van der Waals surface area contributed by atoms with Crippen molar-refractivity contribution in [3.05, 3.63) is 71.3 Å². The summed E-state index contributed by atoms with van der Waals surface area (Å²) in [6.07, 6.45) is 3.56. The average molecular weight is 372 g/mol. The first-order chi connectivity index (χ1) is 13.1. The highest BCUT2D eigenvalue weighted by Crippen LogP contribution is 2.19. The van der Waals surface area contributed by atoms with E-state index < -0.39 is 0 Å². The third kappa shape index (κ3) is 6.14. The number of likely N-dealkylation sites (tertiary alicyclic amines) is 1. The molecule has 0 radical (unpaired) electrons. The second-order valence-electron chi connectivity index (χ2n) is 7.22. The molecular formula is C22H26F2N2O. The van der Waals surface area contributed by atoms with E-state index in [4.69, 9.17) is 0 Å². The molecule has 1 N–H and O–H groups in total. The van der Waals surface area contributed by atoms with Crippen molar-refractivity contribution in [3.8, 4) is 0 Å². The number of carbonyl (C=O) groups is 1. The number of benzene rings is 2. The van der Waals surface area contributed by atoms with Crippen LogP contribution in [0.3, 0.4) is 0 Å². The molecule has 3 rings (SSSR count). The fourth-order valence-corrected chi connectivity index (χ4v) is 3.56. The monoisotopic (exact) mass is 372 g/mol. The predicted octanol–water partition coefficient (Wildman–Crippen LogP) is 3.93. The summed E-state index contributed by atoms with van der Waals surface area (Å²) in [5.74, 6) is -0.340. The molecule has 2 aromatic carbocycles. The van der Waals surface area contributed by atoms with Crippen molar-refractivity contribution in [3.63, 3.8) is 0 Å². The largest absolute Gasteiger partial charge is 0.356 e. The average Bonchev–Trinajstić information content (AvgIpc) is 2.68. The highest BCUT2D eigenvalue weighted by atomic mass is 19.1. The maximum Gasteiger partial charge on any atom is 0.224 e. The van der Waals surface area contributed by atoms with Gasteiger partial charge in [-0.2, -0.15) is 0 Å². The van der Waals surface area contributed by atoms with Gasteiger partial charge in [-0.25, -0.2) is 8.78 Å². The lowest BCUT2D eigenvalue weighted by Gasteiger charge is -2.32. The van der Waals surface area contributed by atoms with E-state index >= 15 is 0 Å². The summed E-state index contributed by atoms with van der Waals surface area (Å²) >= 11 is 0. The number of nitrogens with zero attached hydrogens (tertiary/aromatic N) is 1. The van der Waals surface area contributed by atoms with Gasteiger partial charge in [0, 0.05) is 19.6 Å². The second-order valence-corrected chi connectivity index (χ2v) is 7.22. The minimum Gasteiger partial charge on any atom is -0.356 e. The van der Waals surface area contributed by atoms with Crippen LogP contribution in [0.25, 0.3) is 0 Å². The van der Waals surface area contributed by atoms with Crippen LogP contribution in [-0.4, -0.2) is 30.4 Å². The van der Waals surface area contributed by atoms with Gasteiger partial charge in [0.1, 0.15) is 11.6 Å². The molecule has 1 atom stereocenters. The maximum absolute atomic E-state index is 13.0. The van der Waals surface area contributed by atoms with Gasteiger partial charge in [0.25, 0.3) is 0 Å². The Hall–Kier alpha value is -2.27.